The van der Waals surface area contributed by atoms with Crippen molar-refractivity contribution in [3.05, 3.63) is 64.1 Å². The maximum Gasteiger partial charge on any atom is 0.254 e. The van der Waals surface area contributed by atoms with Crippen molar-refractivity contribution in [2.45, 2.75) is 31.2 Å². The zero-order chi connectivity index (χ0) is 21.7. The number of carbonyl (C=O) groups is 1. The predicted octanol–water partition coefficient (Wildman–Crippen LogP) is 3.59. The number of aliphatic imine (C=N–C) groups is 1. The summed E-state index contributed by atoms with van der Waals surface area (Å²) in [7, 11) is 0. The molecule has 0 spiro atoms. The van der Waals surface area contributed by atoms with Gasteiger partial charge in [0.2, 0.25) is 5.90 Å². The number of halogens is 1. The van der Waals surface area contributed by atoms with E-state index in [0.717, 1.165) is 47.3 Å². The molecule has 1 amide bonds. The van der Waals surface area contributed by atoms with Gasteiger partial charge >= 0.3 is 0 Å². The van der Waals surface area contributed by atoms with E-state index in [-0.39, 0.29) is 19.1 Å². The minimum Gasteiger partial charge on any atom is -0.494 e. The number of aliphatic hydroxyl groups excluding tert-OH is 1. The highest BCUT2D eigenvalue weighted by atomic mass is 79.9. The third kappa shape index (κ3) is 4.93. The number of ether oxygens (including phenoxy) is 2. The first kappa shape index (κ1) is 21.8. The molecule has 1 atom stereocenters. The fourth-order valence-corrected chi connectivity index (χ4v) is 4.41. The van der Waals surface area contributed by atoms with E-state index in [1.807, 2.05) is 53.4 Å². The molecule has 0 unspecified atom stereocenters. The predicted molar refractivity (Wildman–Crippen MR) is 123 cm³/mol. The van der Waals surface area contributed by atoms with Crippen LogP contribution in [0.15, 0.2) is 58.0 Å². The van der Waals surface area contributed by atoms with Gasteiger partial charge in [0.25, 0.3) is 5.91 Å². The molecule has 2 aliphatic rings. The summed E-state index contributed by atoms with van der Waals surface area (Å²) >= 11 is 3.61. The summed E-state index contributed by atoms with van der Waals surface area (Å²) in [5.41, 5.74) is 0.897. The smallest absolute Gasteiger partial charge is 0.254 e. The van der Waals surface area contributed by atoms with Crippen molar-refractivity contribution in [3.8, 4) is 5.75 Å². The van der Waals surface area contributed by atoms with Crippen molar-refractivity contribution in [2.75, 3.05) is 32.9 Å². The number of amides is 1. The van der Waals surface area contributed by atoms with Crippen LogP contribution < -0.4 is 4.74 Å². The van der Waals surface area contributed by atoms with Crippen LogP contribution in [0.4, 0.5) is 0 Å². The van der Waals surface area contributed by atoms with E-state index in [0.29, 0.717) is 25.3 Å². The van der Waals surface area contributed by atoms with E-state index in [1.165, 1.54) is 0 Å². The number of rotatable bonds is 8. The molecule has 2 heterocycles. The Morgan fingerprint density at radius 1 is 1.16 bits per heavy atom. The molecule has 0 bridgehead atoms. The van der Waals surface area contributed by atoms with Gasteiger partial charge in [-0.05, 0) is 48.7 Å². The van der Waals surface area contributed by atoms with Crippen LogP contribution in [0.1, 0.15) is 30.4 Å². The Kier molecular flexibility index (Phi) is 6.92. The molecule has 6 nitrogen and oxygen atoms in total. The van der Waals surface area contributed by atoms with Crippen LogP contribution in [0.2, 0.25) is 0 Å². The normalized spacial score (nSPS) is 20.5. The summed E-state index contributed by atoms with van der Waals surface area (Å²) in [5.74, 6) is 1.25. The second kappa shape index (κ2) is 9.83. The molecule has 2 aromatic carbocycles. The van der Waals surface area contributed by atoms with Crippen molar-refractivity contribution in [3.63, 3.8) is 0 Å². The Labute approximate surface area is 191 Å². The Balaban J connectivity index is 1.60. The standard InChI is InChI=1S/C24H27BrN2O4/c25-21-7-2-1-6-19(21)16-24(23(29)27-12-3-4-13-27)17-31-22(26-24)18-8-10-20(11-9-18)30-15-5-14-28/h1-2,6-11,28H,3-5,12-17H2/t24-/m1/s1. The monoisotopic (exact) mass is 486 g/mol. The molecule has 164 valence electrons. The minimum absolute atomic E-state index is 0.0414. The quantitative estimate of drug-likeness (QED) is 0.578. The molecule has 1 N–H and O–H groups in total. The molecule has 2 aliphatic heterocycles. The van der Waals surface area contributed by atoms with Crippen LogP contribution in [-0.2, 0) is 16.0 Å². The third-order valence-electron chi connectivity index (χ3n) is 5.67. The van der Waals surface area contributed by atoms with E-state index < -0.39 is 5.54 Å². The van der Waals surface area contributed by atoms with E-state index in [4.69, 9.17) is 19.6 Å². The lowest BCUT2D eigenvalue weighted by atomic mass is 9.91. The van der Waals surface area contributed by atoms with Gasteiger partial charge in [-0.3, -0.25) is 4.79 Å². The number of likely N-dealkylation sites (tertiary alicyclic amines) is 1. The van der Waals surface area contributed by atoms with E-state index >= 15 is 0 Å². The lowest BCUT2D eigenvalue weighted by Crippen LogP contribution is -2.49. The summed E-state index contributed by atoms with van der Waals surface area (Å²) in [6, 6.07) is 15.4. The maximum absolute atomic E-state index is 13.5. The first-order chi connectivity index (χ1) is 15.1. The average Bonchev–Trinajstić information content (AvgIpc) is 3.47. The number of nitrogens with zero attached hydrogens (tertiary/aromatic N) is 2. The second-order valence-corrected chi connectivity index (χ2v) is 8.81. The summed E-state index contributed by atoms with van der Waals surface area (Å²) in [5, 5.41) is 8.88. The lowest BCUT2D eigenvalue weighted by Gasteiger charge is -2.28. The number of hydrogen-bond donors (Lipinski definition) is 1. The van der Waals surface area contributed by atoms with Crippen LogP contribution in [0.25, 0.3) is 0 Å². The van der Waals surface area contributed by atoms with Gasteiger partial charge < -0.3 is 19.5 Å². The van der Waals surface area contributed by atoms with Gasteiger partial charge in [0.15, 0.2) is 5.54 Å². The highest BCUT2D eigenvalue weighted by Crippen LogP contribution is 2.32. The van der Waals surface area contributed by atoms with Gasteiger partial charge in [0, 0.05) is 42.6 Å². The number of benzene rings is 2. The van der Waals surface area contributed by atoms with Crippen molar-refractivity contribution in [2.24, 2.45) is 4.99 Å². The molecule has 1 saturated heterocycles. The fourth-order valence-electron chi connectivity index (χ4n) is 3.99. The molecule has 31 heavy (non-hydrogen) atoms. The van der Waals surface area contributed by atoms with Gasteiger partial charge in [-0.15, -0.1) is 0 Å². The lowest BCUT2D eigenvalue weighted by molar-refractivity contribution is -0.136. The van der Waals surface area contributed by atoms with Gasteiger partial charge in [-0.2, -0.15) is 0 Å². The molecule has 0 radical (unpaired) electrons. The molecule has 4 rings (SSSR count). The Bertz CT molecular complexity index is 941. The summed E-state index contributed by atoms with van der Waals surface area (Å²) in [6.07, 6.45) is 3.14. The largest absolute Gasteiger partial charge is 0.494 e. The summed E-state index contributed by atoms with van der Waals surface area (Å²) < 4.78 is 12.6. The van der Waals surface area contributed by atoms with Crippen LogP contribution in [0.5, 0.6) is 5.75 Å². The molecule has 0 aliphatic carbocycles. The highest BCUT2D eigenvalue weighted by Gasteiger charge is 2.47. The van der Waals surface area contributed by atoms with Crippen LogP contribution >= 0.6 is 15.9 Å². The van der Waals surface area contributed by atoms with Crippen LogP contribution in [0.3, 0.4) is 0 Å². The first-order valence-corrected chi connectivity index (χ1v) is 11.5. The van der Waals surface area contributed by atoms with Crippen LogP contribution in [0, 0.1) is 0 Å². The molecule has 0 saturated carbocycles. The van der Waals surface area contributed by atoms with E-state index in [1.54, 1.807) is 0 Å². The molecule has 7 heteroatoms. The second-order valence-electron chi connectivity index (χ2n) is 7.95. The number of hydrogen-bond acceptors (Lipinski definition) is 5. The topological polar surface area (TPSA) is 71.4 Å². The van der Waals surface area contributed by atoms with E-state index in [9.17, 15) is 4.79 Å². The average molecular weight is 487 g/mol. The minimum atomic E-state index is -0.958. The first-order valence-electron chi connectivity index (χ1n) is 10.7. The molecule has 1 fully saturated rings. The SMILES string of the molecule is O=C(N1CCCC1)[C@@]1(Cc2ccccc2Br)COC(c2ccc(OCCCO)cc2)=N1. The highest BCUT2D eigenvalue weighted by molar-refractivity contribution is 9.10. The zero-order valence-corrected chi connectivity index (χ0v) is 19.0. The molecular formula is C24H27BrN2O4. The molecule has 2 aromatic rings. The molecule has 0 aromatic heterocycles. The van der Waals surface area contributed by atoms with Gasteiger partial charge in [-0.25, -0.2) is 4.99 Å². The summed E-state index contributed by atoms with van der Waals surface area (Å²) in [4.78, 5) is 20.4. The summed E-state index contributed by atoms with van der Waals surface area (Å²) in [6.45, 7) is 2.36. The van der Waals surface area contributed by atoms with Crippen molar-refractivity contribution in [1.82, 2.24) is 4.90 Å². The maximum atomic E-state index is 13.5. The fraction of sp³-hybridized carbons (Fsp3) is 0.417. The molecular weight excluding hydrogens is 460 g/mol. The van der Waals surface area contributed by atoms with Gasteiger partial charge in [0.05, 0.1) is 6.61 Å². The van der Waals surface area contributed by atoms with Crippen LogP contribution in [-0.4, -0.2) is 60.3 Å². The third-order valence-corrected chi connectivity index (χ3v) is 6.44. The Morgan fingerprint density at radius 2 is 1.90 bits per heavy atom. The number of carbonyl (C=O) groups excluding carboxylic acids is 1. The Morgan fingerprint density at radius 3 is 2.61 bits per heavy atom. The van der Waals surface area contributed by atoms with Crippen molar-refractivity contribution in [1.29, 1.82) is 0 Å². The van der Waals surface area contributed by atoms with Gasteiger partial charge in [0.1, 0.15) is 12.4 Å². The van der Waals surface area contributed by atoms with Crippen molar-refractivity contribution >= 4 is 27.7 Å². The van der Waals surface area contributed by atoms with E-state index in [2.05, 4.69) is 15.9 Å². The van der Waals surface area contributed by atoms with Gasteiger partial charge in [-0.1, -0.05) is 34.1 Å². The zero-order valence-electron chi connectivity index (χ0n) is 17.4. The van der Waals surface area contributed by atoms with Crippen molar-refractivity contribution < 1.29 is 19.4 Å². The number of aliphatic hydroxyl groups is 1. The Hall–Kier alpha value is -2.38.